The van der Waals surface area contributed by atoms with Crippen molar-refractivity contribution in [1.82, 2.24) is 9.97 Å². The number of allylic oxidation sites excluding steroid dienone is 2. The zero-order valence-corrected chi connectivity index (χ0v) is 25.9. The second-order valence-electron chi connectivity index (χ2n) is 11.7. The van der Waals surface area contributed by atoms with Crippen molar-refractivity contribution in [2.45, 2.75) is 30.7 Å². The zero-order valence-electron chi connectivity index (χ0n) is 25.1. The van der Waals surface area contributed by atoms with Gasteiger partial charge < -0.3 is 5.11 Å². The minimum absolute atomic E-state index is 0.190. The molecule has 7 rings (SSSR count). The molecule has 46 heavy (non-hydrogen) atoms. The molecule has 1 N–H and O–H groups in total. The van der Waals surface area contributed by atoms with Crippen LogP contribution in [0.3, 0.4) is 0 Å². The summed E-state index contributed by atoms with van der Waals surface area (Å²) >= 11 is 1.36. The van der Waals surface area contributed by atoms with E-state index in [-0.39, 0.29) is 11.8 Å². The summed E-state index contributed by atoms with van der Waals surface area (Å²) in [5.74, 6) is -1.44. The quantitative estimate of drug-likeness (QED) is 0.122. The van der Waals surface area contributed by atoms with E-state index in [4.69, 9.17) is 9.98 Å². The summed E-state index contributed by atoms with van der Waals surface area (Å²) in [6.45, 7) is 1.62. The topological polar surface area (TPSA) is 75.4 Å². The van der Waals surface area contributed by atoms with Gasteiger partial charge in [-0.2, -0.15) is 0 Å². The fraction of sp³-hybridized carbons (Fsp3) is 0.128. The van der Waals surface area contributed by atoms with E-state index < -0.39 is 17.3 Å². The van der Waals surface area contributed by atoms with Crippen LogP contribution in [-0.2, 0) is 16.6 Å². The van der Waals surface area contributed by atoms with Gasteiger partial charge in [-0.05, 0) is 55.2 Å². The first-order valence-corrected chi connectivity index (χ1v) is 15.9. The highest BCUT2D eigenvalue weighted by Crippen LogP contribution is 2.45. The van der Waals surface area contributed by atoms with Crippen molar-refractivity contribution >= 4 is 33.4 Å². The van der Waals surface area contributed by atoms with E-state index in [0.717, 1.165) is 32.7 Å². The molecule has 0 saturated heterocycles. The molecule has 2 aromatic heterocycles. The van der Waals surface area contributed by atoms with Crippen molar-refractivity contribution in [1.29, 1.82) is 0 Å². The van der Waals surface area contributed by atoms with E-state index in [1.165, 1.54) is 17.4 Å². The Balaban J connectivity index is 1.13. The number of thiazole rings is 1. The van der Waals surface area contributed by atoms with Crippen LogP contribution in [-0.4, -0.2) is 32.3 Å². The second kappa shape index (κ2) is 11.9. The predicted molar refractivity (Wildman–Crippen MR) is 182 cm³/mol. The van der Waals surface area contributed by atoms with Gasteiger partial charge in [0.25, 0.3) is 0 Å². The van der Waals surface area contributed by atoms with Crippen LogP contribution in [0, 0.1) is 5.82 Å². The first-order chi connectivity index (χ1) is 22.3. The molecule has 1 aliphatic carbocycles. The third-order valence-corrected chi connectivity index (χ3v) is 9.51. The number of carboxylic acid groups (broad SMARTS) is 1. The minimum atomic E-state index is -1.43. The van der Waals surface area contributed by atoms with Crippen molar-refractivity contribution < 1.29 is 14.3 Å². The van der Waals surface area contributed by atoms with Crippen molar-refractivity contribution in [3.05, 3.63) is 167 Å². The Labute approximate surface area is 270 Å². The number of hydrogen-bond donors (Lipinski definition) is 1. The van der Waals surface area contributed by atoms with Crippen LogP contribution >= 0.6 is 11.3 Å². The molecule has 4 aromatic carbocycles. The molecule has 1 unspecified atom stereocenters. The third kappa shape index (κ3) is 5.66. The molecule has 7 heteroatoms. The Kier molecular flexibility index (Phi) is 7.62. The summed E-state index contributed by atoms with van der Waals surface area (Å²) in [6.07, 6.45) is 4.80. The number of benzene rings is 4. The van der Waals surface area contributed by atoms with Gasteiger partial charge in [0.05, 0.1) is 16.8 Å². The summed E-state index contributed by atoms with van der Waals surface area (Å²) in [7, 11) is 0. The second-order valence-corrected chi connectivity index (χ2v) is 12.7. The lowest BCUT2D eigenvalue weighted by Gasteiger charge is -2.23. The third-order valence-electron chi connectivity index (χ3n) is 8.51. The molecule has 0 saturated carbocycles. The molecule has 0 fully saturated rings. The van der Waals surface area contributed by atoms with Crippen LogP contribution in [0.2, 0.25) is 0 Å². The number of aromatic nitrogens is 2. The lowest BCUT2D eigenvalue weighted by Crippen LogP contribution is -2.35. The van der Waals surface area contributed by atoms with Gasteiger partial charge in [-0.1, -0.05) is 121 Å². The van der Waals surface area contributed by atoms with Crippen LogP contribution in [0.4, 0.5) is 4.39 Å². The molecule has 0 spiro atoms. The number of rotatable bonds is 10. The van der Waals surface area contributed by atoms with Crippen LogP contribution < -0.4 is 0 Å². The molecular formula is C39H30FN3O2S. The number of carboxylic acids is 1. The summed E-state index contributed by atoms with van der Waals surface area (Å²) in [5.41, 5.74) is 4.42. The molecule has 2 heterocycles. The van der Waals surface area contributed by atoms with Crippen molar-refractivity contribution in [3.63, 3.8) is 0 Å². The molecule has 5 nitrogen and oxygen atoms in total. The molecule has 1 atom stereocenters. The van der Waals surface area contributed by atoms with Gasteiger partial charge in [0.15, 0.2) is 5.54 Å². The van der Waals surface area contributed by atoms with Gasteiger partial charge in [-0.3, -0.25) is 4.99 Å². The van der Waals surface area contributed by atoms with E-state index >= 15 is 4.39 Å². The molecule has 1 aliphatic rings. The molecule has 0 bridgehead atoms. The fourth-order valence-electron chi connectivity index (χ4n) is 5.69. The highest BCUT2D eigenvalue weighted by molar-refractivity contribution is 7.21. The fourth-order valence-corrected chi connectivity index (χ4v) is 6.66. The van der Waals surface area contributed by atoms with E-state index in [1.807, 2.05) is 97.1 Å². The summed E-state index contributed by atoms with van der Waals surface area (Å²) in [4.78, 5) is 27.8. The van der Waals surface area contributed by atoms with Crippen molar-refractivity contribution in [2.24, 2.45) is 4.99 Å². The first-order valence-electron chi connectivity index (χ1n) is 15.1. The SMILES string of the molecule is CC(CCc1ccc(-c2nc3ccc(C4(c5ccccc5)C=C4)nc3s2)c(F)c1)(N=C(c1ccccc1)c1ccccc1)C(=O)O. The van der Waals surface area contributed by atoms with Crippen LogP contribution in [0.15, 0.2) is 138 Å². The number of carbonyl (C=O) groups is 1. The van der Waals surface area contributed by atoms with Gasteiger partial charge >= 0.3 is 5.97 Å². The maximum atomic E-state index is 15.6. The Bertz CT molecular complexity index is 2060. The Hall–Kier alpha value is -5.27. The molecule has 0 radical (unpaired) electrons. The van der Waals surface area contributed by atoms with E-state index in [1.54, 1.807) is 13.0 Å². The van der Waals surface area contributed by atoms with E-state index in [0.29, 0.717) is 28.3 Å². The number of halogens is 1. The molecule has 0 aliphatic heterocycles. The van der Waals surface area contributed by atoms with Crippen LogP contribution in [0.1, 0.15) is 41.3 Å². The molecule has 226 valence electrons. The number of hydrogen-bond acceptors (Lipinski definition) is 5. The minimum Gasteiger partial charge on any atom is -0.479 e. The highest BCUT2D eigenvalue weighted by Gasteiger charge is 2.39. The molecule has 6 aromatic rings. The van der Waals surface area contributed by atoms with Gasteiger partial charge in [-0.15, -0.1) is 0 Å². The maximum absolute atomic E-state index is 15.6. The Morgan fingerprint density at radius 1 is 0.848 bits per heavy atom. The standard InChI is InChI=1S/C39H30FN3O2S/c1-38(37(44)45,43-34(27-11-5-2-6-12-27)28-13-7-3-8-14-28)22-21-26-17-18-30(31(40)25-26)35-41-32-19-20-33(42-36(32)46-35)39(23-24-39)29-15-9-4-10-16-29/h2-20,23-25H,21-22H2,1H3,(H,44,45). The summed E-state index contributed by atoms with van der Waals surface area (Å²) in [6, 6.07) is 38.3. The molecule has 0 amide bonds. The largest absolute Gasteiger partial charge is 0.479 e. The molecular weight excluding hydrogens is 594 g/mol. The normalized spacial score (nSPS) is 14.5. The van der Waals surface area contributed by atoms with E-state index in [2.05, 4.69) is 29.3 Å². The average Bonchev–Trinajstić information content (AvgIpc) is 3.80. The number of fused-ring (bicyclic) bond motifs is 1. The van der Waals surface area contributed by atoms with E-state index in [9.17, 15) is 9.90 Å². The zero-order chi connectivity index (χ0) is 31.7. The summed E-state index contributed by atoms with van der Waals surface area (Å²) in [5, 5.41) is 10.9. The number of nitrogens with zero attached hydrogens (tertiary/aromatic N) is 3. The summed E-state index contributed by atoms with van der Waals surface area (Å²) < 4.78 is 15.6. The number of aliphatic imine (C=N–C) groups is 1. The van der Waals surface area contributed by atoms with Gasteiger partial charge in [0.1, 0.15) is 21.2 Å². The lowest BCUT2D eigenvalue weighted by molar-refractivity contribution is -0.142. The van der Waals surface area contributed by atoms with Crippen molar-refractivity contribution in [3.8, 4) is 10.6 Å². The lowest BCUT2D eigenvalue weighted by atomic mass is 9.89. The van der Waals surface area contributed by atoms with Gasteiger partial charge in [0, 0.05) is 16.7 Å². The Morgan fingerprint density at radius 3 is 2.07 bits per heavy atom. The monoisotopic (exact) mass is 623 g/mol. The number of pyridine rings is 1. The predicted octanol–water partition coefficient (Wildman–Crippen LogP) is 8.67. The smallest absolute Gasteiger partial charge is 0.331 e. The van der Waals surface area contributed by atoms with Gasteiger partial charge in [-0.25, -0.2) is 19.2 Å². The van der Waals surface area contributed by atoms with Gasteiger partial charge in [0.2, 0.25) is 0 Å². The van der Waals surface area contributed by atoms with Crippen LogP contribution in [0.5, 0.6) is 0 Å². The highest BCUT2D eigenvalue weighted by atomic mass is 32.1. The maximum Gasteiger partial charge on any atom is 0.331 e. The Morgan fingerprint density at radius 2 is 1.48 bits per heavy atom. The van der Waals surface area contributed by atoms with Crippen LogP contribution in [0.25, 0.3) is 20.9 Å². The average molecular weight is 624 g/mol. The number of aryl methyl sites for hydroxylation is 1. The number of aliphatic carboxylic acids is 1. The first kappa shape index (κ1) is 29.4. The van der Waals surface area contributed by atoms with Crippen molar-refractivity contribution in [2.75, 3.05) is 0 Å².